The van der Waals surface area contributed by atoms with E-state index in [9.17, 15) is 24.9 Å². The normalized spacial score (nSPS) is 42.7. The number of carbonyl (C=O) groups is 2. The van der Waals surface area contributed by atoms with Gasteiger partial charge in [0.25, 0.3) is 0 Å². The predicted octanol–water partition coefficient (Wildman–Crippen LogP) is 7.75. The molecule has 0 aliphatic carbocycles. The van der Waals surface area contributed by atoms with Crippen molar-refractivity contribution >= 4 is 11.7 Å². The second-order valence-electron chi connectivity index (χ2n) is 19.9. The van der Waals surface area contributed by atoms with Gasteiger partial charge >= 0.3 is 0 Å². The monoisotopic (exact) mass is 834 g/mol. The first-order chi connectivity index (χ1) is 27.8. The van der Waals surface area contributed by atoms with Crippen molar-refractivity contribution in [3.63, 3.8) is 0 Å². The van der Waals surface area contributed by atoms with Crippen LogP contribution in [0.15, 0.2) is 12.2 Å². The van der Waals surface area contributed by atoms with E-state index >= 15 is 0 Å². The summed E-state index contributed by atoms with van der Waals surface area (Å²) in [6.07, 6.45) is 8.30. The van der Waals surface area contributed by atoms with Gasteiger partial charge in [0.1, 0.15) is 11.9 Å². The van der Waals surface area contributed by atoms with Gasteiger partial charge in [0.15, 0.2) is 5.79 Å². The molecule has 5 heterocycles. The topological polar surface area (TPSA) is 144 Å². The van der Waals surface area contributed by atoms with Crippen molar-refractivity contribution in [3.05, 3.63) is 12.2 Å². The number of Topliss-reactive ketones (excluding diaryl/α,β-unsaturated/α-hetero) is 1. The Balaban J connectivity index is 1.29. The highest BCUT2D eigenvalue weighted by Gasteiger charge is 2.63. The third-order valence-electron chi connectivity index (χ3n) is 15.7. The molecule has 11 heteroatoms. The van der Waals surface area contributed by atoms with Gasteiger partial charge in [-0.3, -0.25) is 9.59 Å². The van der Waals surface area contributed by atoms with Crippen molar-refractivity contribution < 1.29 is 48.6 Å². The molecule has 4 saturated heterocycles. The van der Waals surface area contributed by atoms with Crippen LogP contribution in [0.25, 0.3) is 0 Å². The molecule has 18 atom stereocenters. The third kappa shape index (κ3) is 9.58. The van der Waals surface area contributed by atoms with E-state index in [0.717, 1.165) is 45.2 Å². The van der Waals surface area contributed by atoms with Crippen LogP contribution in [-0.2, 0) is 33.3 Å². The molecule has 3 N–H and O–H groups in total. The number of rotatable bonds is 16. The zero-order valence-corrected chi connectivity index (χ0v) is 38.8. The van der Waals surface area contributed by atoms with Crippen molar-refractivity contribution in [2.75, 3.05) is 13.1 Å². The van der Waals surface area contributed by atoms with E-state index in [1.165, 1.54) is 0 Å². The van der Waals surface area contributed by atoms with Crippen LogP contribution in [-0.4, -0.2) is 111 Å². The first kappa shape index (κ1) is 48.6. The molecular weight excluding hydrogens is 751 g/mol. The molecule has 0 aromatic heterocycles. The van der Waals surface area contributed by atoms with Gasteiger partial charge in [-0.1, -0.05) is 69.2 Å². The Morgan fingerprint density at radius 1 is 0.847 bits per heavy atom. The van der Waals surface area contributed by atoms with Crippen LogP contribution in [0.5, 0.6) is 0 Å². The third-order valence-corrected chi connectivity index (χ3v) is 15.7. The molecular formula is C48H83NO10. The number of ketones is 1. The van der Waals surface area contributed by atoms with Crippen LogP contribution in [0.4, 0.5) is 0 Å². The highest BCUT2D eigenvalue weighted by molar-refractivity contribution is 5.84. The smallest absolute Gasteiger partial charge is 0.228 e. The van der Waals surface area contributed by atoms with E-state index in [2.05, 4.69) is 41.5 Å². The van der Waals surface area contributed by atoms with Gasteiger partial charge < -0.3 is 43.9 Å². The molecule has 5 aliphatic heterocycles. The summed E-state index contributed by atoms with van der Waals surface area (Å²) in [4.78, 5) is 30.4. The number of aliphatic hydroxyl groups excluding tert-OH is 2. The van der Waals surface area contributed by atoms with Crippen molar-refractivity contribution in [1.82, 2.24) is 4.90 Å². The van der Waals surface area contributed by atoms with Crippen LogP contribution < -0.4 is 0 Å². The zero-order chi connectivity index (χ0) is 43.7. The van der Waals surface area contributed by atoms with Crippen molar-refractivity contribution in [3.8, 4) is 0 Å². The molecule has 1 amide bonds. The average Bonchev–Trinajstić information content (AvgIpc) is 3.56. The van der Waals surface area contributed by atoms with Gasteiger partial charge in [0.05, 0.1) is 53.7 Å². The Hall–Kier alpha value is -1.44. The van der Waals surface area contributed by atoms with Crippen LogP contribution in [0, 0.1) is 41.4 Å². The van der Waals surface area contributed by atoms with Crippen LogP contribution in [0.2, 0.25) is 0 Å². The highest BCUT2D eigenvalue weighted by Crippen LogP contribution is 2.54. The number of aliphatic hydroxyl groups is 3. The zero-order valence-electron chi connectivity index (χ0n) is 38.8. The molecule has 2 spiro atoms. The first-order valence-corrected chi connectivity index (χ1v) is 23.8. The second kappa shape index (κ2) is 19.5. The maximum atomic E-state index is 14.7. The summed E-state index contributed by atoms with van der Waals surface area (Å²) in [6, 6.07) is 0. The minimum absolute atomic E-state index is 0.0289. The molecule has 0 radical (unpaired) electrons. The lowest BCUT2D eigenvalue weighted by Crippen LogP contribution is -2.63. The fourth-order valence-corrected chi connectivity index (χ4v) is 11.6. The lowest BCUT2D eigenvalue weighted by atomic mass is 9.72. The molecule has 5 aliphatic rings. The molecule has 0 bridgehead atoms. The maximum absolute atomic E-state index is 14.7. The van der Waals surface area contributed by atoms with E-state index in [4.69, 9.17) is 23.7 Å². The summed E-state index contributed by atoms with van der Waals surface area (Å²) in [7, 11) is 0. The van der Waals surface area contributed by atoms with Crippen molar-refractivity contribution in [2.24, 2.45) is 41.4 Å². The Kier molecular flexibility index (Phi) is 16.1. The van der Waals surface area contributed by atoms with Gasteiger partial charge in [0.2, 0.25) is 11.7 Å². The van der Waals surface area contributed by atoms with E-state index in [0.29, 0.717) is 44.9 Å². The second-order valence-corrected chi connectivity index (χ2v) is 19.9. The summed E-state index contributed by atoms with van der Waals surface area (Å²) in [6.45, 7) is 25.8. The van der Waals surface area contributed by atoms with Crippen LogP contribution >= 0.6 is 0 Å². The first-order valence-electron chi connectivity index (χ1n) is 23.8. The number of ether oxygens (including phenoxy) is 5. The fraction of sp³-hybridized carbons (Fsp3) is 0.917. The summed E-state index contributed by atoms with van der Waals surface area (Å²) in [5.41, 5.74) is -1.62. The quantitative estimate of drug-likeness (QED) is 0.132. The van der Waals surface area contributed by atoms with E-state index in [1.807, 2.05) is 52.5 Å². The summed E-state index contributed by atoms with van der Waals surface area (Å²) >= 11 is 0. The fourth-order valence-electron chi connectivity index (χ4n) is 11.6. The molecule has 59 heavy (non-hydrogen) atoms. The number of nitrogens with zero attached hydrogens (tertiary/aromatic N) is 1. The summed E-state index contributed by atoms with van der Waals surface area (Å²) in [5, 5.41) is 34.6. The van der Waals surface area contributed by atoms with Gasteiger partial charge in [-0.05, 0) is 108 Å². The SMILES string of the molecule is CCCN(CCC)C(=O)[C@H](CC)[C@H]1CC[C@H](C)[C@H]([C@@H](C)[C@H](O)[C@H](C)C(=O)[C@H](CC)[C@H]2O[C@]3(C=C[C@@H](O)[C@]4(CC[C@@](C)([C@H]5CC[C@](O)(CC)[C@H](C)O5)O4)O3)[C@H](C)C[C@@H]2C)O1. The van der Waals surface area contributed by atoms with Crippen LogP contribution in [0.3, 0.4) is 0 Å². The average molecular weight is 834 g/mol. The van der Waals surface area contributed by atoms with Crippen molar-refractivity contribution in [1.29, 1.82) is 0 Å². The molecule has 11 nitrogen and oxygen atoms in total. The van der Waals surface area contributed by atoms with E-state index < -0.39 is 52.9 Å². The predicted molar refractivity (Wildman–Crippen MR) is 228 cm³/mol. The Morgan fingerprint density at radius 3 is 2.10 bits per heavy atom. The number of hydrogen-bond acceptors (Lipinski definition) is 10. The Bertz CT molecular complexity index is 1440. The maximum Gasteiger partial charge on any atom is 0.228 e. The number of carbonyl (C=O) groups excluding carboxylic acids is 2. The van der Waals surface area contributed by atoms with Gasteiger partial charge in [0, 0.05) is 43.2 Å². The van der Waals surface area contributed by atoms with Gasteiger partial charge in [-0.25, -0.2) is 0 Å². The van der Waals surface area contributed by atoms with Crippen LogP contribution in [0.1, 0.15) is 160 Å². The van der Waals surface area contributed by atoms with E-state index in [-0.39, 0.29) is 65.7 Å². The standard InChI is InChI=1S/C48H83NO10/c1-13-26-49(27-14-2)44(53)35(15-3)37-19-18-29(6)42(56-37)33(10)40(51)32(9)41(52)36(16-4)43-30(7)28-31(8)47(57-43)23-20-38(50)48(59-47)25-24-45(12,58-48)39-21-22-46(54,17-5)34(11)55-39/h20,23,29-40,42-43,50-51,54H,13-19,21-22,24-28H2,1-12H3/t29-,30-,31+,32-,33-,34-,35+,36-,37+,38+,39+,40+,42+,43-,45-,46+,47-,48-/m0/s1. The van der Waals surface area contributed by atoms with E-state index in [1.54, 1.807) is 6.08 Å². The molecule has 340 valence electrons. The Morgan fingerprint density at radius 2 is 1.51 bits per heavy atom. The summed E-state index contributed by atoms with van der Waals surface area (Å²) < 4.78 is 34.1. The molecule has 4 fully saturated rings. The Labute approximate surface area is 356 Å². The molecule has 5 rings (SSSR count). The number of amides is 1. The van der Waals surface area contributed by atoms with Gasteiger partial charge in [-0.15, -0.1) is 0 Å². The lowest BCUT2D eigenvalue weighted by molar-refractivity contribution is -0.409. The highest BCUT2D eigenvalue weighted by atomic mass is 16.8. The molecule has 0 unspecified atom stereocenters. The summed E-state index contributed by atoms with van der Waals surface area (Å²) in [5.74, 6) is -4.12. The lowest BCUT2D eigenvalue weighted by Gasteiger charge is -2.54. The molecule has 0 saturated carbocycles. The minimum Gasteiger partial charge on any atom is -0.392 e. The van der Waals surface area contributed by atoms with Gasteiger partial charge in [-0.2, -0.15) is 0 Å². The van der Waals surface area contributed by atoms with Crippen molar-refractivity contribution in [2.45, 2.75) is 226 Å². The molecule has 0 aromatic rings. The minimum atomic E-state index is -1.36. The molecule has 0 aromatic carbocycles. The number of hydrogen-bond donors (Lipinski definition) is 3. The largest absolute Gasteiger partial charge is 0.392 e.